The lowest BCUT2D eigenvalue weighted by atomic mass is 10.2. The average molecular weight is 344 g/mol. The van der Waals surface area contributed by atoms with Gasteiger partial charge in [0, 0.05) is 18.3 Å². The molecule has 0 unspecified atom stereocenters. The van der Waals surface area contributed by atoms with E-state index < -0.39 is 11.7 Å². The lowest BCUT2D eigenvalue weighted by molar-refractivity contribution is 0.0945. The van der Waals surface area contributed by atoms with Crippen molar-refractivity contribution in [3.05, 3.63) is 53.8 Å². The van der Waals surface area contributed by atoms with Gasteiger partial charge in [0.1, 0.15) is 0 Å². The van der Waals surface area contributed by atoms with Gasteiger partial charge in [-0.15, -0.1) is 0 Å². The molecule has 1 amide bonds. The number of nitrogens with one attached hydrogen (secondary N) is 1. The number of ether oxygens (including phenoxy) is 1. The molecule has 0 saturated carbocycles. The molecule has 2 heterocycles. The van der Waals surface area contributed by atoms with Crippen molar-refractivity contribution in [3.8, 4) is 17.3 Å². The summed E-state index contributed by atoms with van der Waals surface area (Å²) >= 11 is 0. The van der Waals surface area contributed by atoms with Crippen LogP contribution in [0.2, 0.25) is 0 Å². The zero-order chi connectivity index (χ0) is 17.8. The zero-order valence-corrected chi connectivity index (χ0v) is 13.8. The Morgan fingerprint density at radius 3 is 2.96 bits per heavy atom. The number of hydrogen-bond donors (Lipinski definition) is 1. The number of halogens is 1. The van der Waals surface area contributed by atoms with E-state index in [0.29, 0.717) is 5.82 Å². The predicted octanol–water partition coefficient (Wildman–Crippen LogP) is 2.64. The van der Waals surface area contributed by atoms with Gasteiger partial charge in [-0.05, 0) is 37.3 Å². The SMILES string of the molecule is CCn1cccc1-c1noc(CNC(=O)c2ccc(OC)c(F)c2)n1. The van der Waals surface area contributed by atoms with E-state index in [2.05, 4.69) is 15.5 Å². The quantitative estimate of drug-likeness (QED) is 0.743. The van der Waals surface area contributed by atoms with Crippen molar-refractivity contribution in [2.24, 2.45) is 0 Å². The number of carbonyl (C=O) groups excluding carboxylic acids is 1. The van der Waals surface area contributed by atoms with E-state index in [1.807, 2.05) is 29.8 Å². The van der Waals surface area contributed by atoms with Crippen molar-refractivity contribution in [1.29, 1.82) is 0 Å². The molecule has 25 heavy (non-hydrogen) atoms. The summed E-state index contributed by atoms with van der Waals surface area (Å²) in [7, 11) is 1.36. The minimum Gasteiger partial charge on any atom is -0.494 e. The molecule has 3 aromatic rings. The summed E-state index contributed by atoms with van der Waals surface area (Å²) in [5.41, 5.74) is 1.01. The fourth-order valence-corrected chi connectivity index (χ4v) is 2.39. The van der Waals surface area contributed by atoms with Crippen LogP contribution in [0, 0.1) is 5.82 Å². The predicted molar refractivity (Wildman–Crippen MR) is 87.5 cm³/mol. The number of rotatable bonds is 6. The molecule has 0 saturated heterocycles. The van der Waals surface area contributed by atoms with Gasteiger partial charge in [-0.3, -0.25) is 4.79 Å². The maximum Gasteiger partial charge on any atom is 0.251 e. The molecule has 8 heteroatoms. The number of aromatic nitrogens is 3. The molecule has 0 aliphatic carbocycles. The van der Waals surface area contributed by atoms with Gasteiger partial charge >= 0.3 is 0 Å². The maximum absolute atomic E-state index is 13.7. The number of amides is 1. The lowest BCUT2D eigenvalue weighted by Gasteiger charge is -2.05. The van der Waals surface area contributed by atoms with Crippen LogP contribution in [0.5, 0.6) is 5.75 Å². The zero-order valence-electron chi connectivity index (χ0n) is 13.8. The highest BCUT2D eigenvalue weighted by atomic mass is 19.1. The number of carbonyl (C=O) groups is 1. The normalized spacial score (nSPS) is 10.7. The summed E-state index contributed by atoms with van der Waals surface area (Å²) in [6.45, 7) is 2.84. The second-order valence-corrected chi connectivity index (χ2v) is 5.22. The van der Waals surface area contributed by atoms with Crippen molar-refractivity contribution < 1.29 is 18.4 Å². The Morgan fingerprint density at radius 2 is 2.24 bits per heavy atom. The van der Waals surface area contributed by atoms with E-state index in [4.69, 9.17) is 9.26 Å². The van der Waals surface area contributed by atoms with Crippen LogP contribution in [0.25, 0.3) is 11.5 Å². The summed E-state index contributed by atoms with van der Waals surface area (Å²) in [4.78, 5) is 16.4. The van der Waals surface area contributed by atoms with Crippen molar-refractivity contribution in [1.82, 2.24) is 20.0 Å². The van der Waals surface area contributed by atoms with E-state index in [1.165, 1.54) is 19.2 Å². The molecular formula is C17H17FN4O3. The molecule has 0 bridgehead atoms. The molecule has 0 radical (unpaired) electrons. The Balaban J connectivity index is 1.66. The fraction of sp³-hybridized carbons (Fsp3) is 0.235. The van der Waals surface area contributed by atoms with E-state index in [0.717, 1.165) is 18.3 Å². The highest BCUT2D eigenvalue weighted by Crippen LogP contribution is 2.18. The van der Waals surface area contributed by atoms with Crippen molar-refractivity contribution in [2.45, 2.75) is 20.0 Å². The molecule has 0 aliphatic heterocycles. The van der Waals surface area contributed by atoms with Gasteiger partial charge in [0.05, 0.1) is 19.3 Å². The van der Waals surface area contributed by atoms with Crippen LogP contribution in [0.4, 0.5) is 4.39 Å². The third-order valence-electron chi connectivity index (χ3n) is 3.68. The highest BCUT2D eigenvalue weighted by Gasteiger charge is 2.14. The van der Waals surface area contributed by atoms with Crippen LogP contribution in [0.1, 0.15) is 23.2 Å². The van der Waals surface area contributed by atoms with E-state index >= 15 is 0 Å². The molecule has 3 rings (SSSR count). The molecule has 0 spiro atoms. The lowest BCUT2D eigenvalue weighted by Crippen LogP contribution is -2.23. The van der Waals surface area contributed by atoms with Gasteiger partial charge in [0.2, 0.25) is 11.7 Å². The Kier molecular flexibility index (Phi) is 4.78. The first kappa shape index (κ1) is 16.7. The Bertz CT molecular complexity index is 888. The van der Waals surface area contributed by atoms with Crippen LogP contribution < -0.4 is 10.1 Å². The van der Waals surface area contributed by atoms with E-state index in [-0.39, 0.29) is 23.7 Å². The maximum atomic E-state index is 13.7. The molecule has 2 aromatic heterocycles. The third kappa shape index (κ3) is 3.52. The monoisotopic (exact) mass is 344 g/mol. The van der Waals surface area contributed by atoms with Crippen molar-refractivity contribution in [2.75, 3.05) is 7.11 Å². The number of hydrogen-bond acceptors (Lipinski definition) is 5. The minimum atomic E-state index is -0.601. The number of aryl methyl sites for hydroxylation is 1. The highest BCUT2D eigenvalue weighted by molar-refractivity contribution is 5.94. The van der Waals surface area contributed by atoms with Crippen LogP contribution in [-0.4, -0.2) is 27.7 Å². The first-order valence-electron chi connectivity index (χ1n) is 7.72. The van der Waals surface area contributed by atoms with Gasteiger partial charge < -0.3 is 19.1 Å². The van der Waals surface area contributed by atoms with Crippen molar-refractivity contribution in [3.63, 3.8) is 0 Å². The first-order valence-corrected chi connectivity index (χ1v) is 7.72. The molecule has 0 aliphatic rings. The topological polar surface area (TPSA) is 82.2 Å². The number of methoxy groups -OCH3 is 1. The summed E-state index contributed by atoms with van der Waals surface area (Å²) in [5.74, 6) is -0.251. The van der Waals surface area contributed by atoms with Crippen LogP contribution >= 0.6 is 0 Å². The summed E-state index contributed by atoms with van der Waals surface area (Å²) in [6.07, 6.45) is 1.92. The van der Waals surface area contributed by atoms with Gasteiger partial charge in [0.25, 0.3) is 5.91 Å². The number of nitrogens with zero attached hydrogens (tertiary/aromatic N) is 3. The number of benzene rings is 1. The largest absolute Gasteiger partial charge is 0.494 e. The Hall–Kier alpha value is -3.16. The Morgan fingerprint density at radius 1 is 1.40 bits per heavy atom. The molecule has 0 atom stereocenters. The molecule has 0 fully saturated rings. The van der Waals surface area contributed by atoms with Crippen molar-refractivity contribution >= 4 is 5.91 Å². The second kappa shape index (κ2) is 7.16. The Labute approximate surface area is 143 Å². The minimum absolute atomic E-state index is 0.0479. The molecule has 1 aromatic carbocycles. The summed E-state index contributed by atoms with van der Waals surface area (Å²) in [6, 6.07) is 7.77. The molecule has 1 N–H and O–H groups in total. The van der Waals surface area contributed by atoms with Crippen LogP contribution in [0.15, 0.2) is 41.1 Å². The molecule has 130 valence electrons. The third-order valence-corrected chi connectivity index (χ3v) is 3.68. The van der Waals surface area contributed by atoms with Crippen LogP contribution in [0.3, 0.4) is 0 Å². The van der Waals surface area contributed by atoms with Gasteiger partial charge in [-0.1, -0.05) is 5.16 Å². The standard InChI is InChI=1S/C17H17FN4O3/c1-3-22-8-4-5-13(22)16-20-15(25-21-16)10-19-17(23)11-6-7-14(24-2)12(18)9-11/h4-9H,3,10H2,1-2H3,(H,19,23). The van der Waals surface area contributed by atoms with Crippen LogP contribution in [-0.2, 0) is 13.1 Å². The molecular weight excluding hydrogens is 327 g/mol. The second-order valence-electron chi connectivity index (χ2n) is 5.22. The smallest absolute Gasteiger partial charge is 0.251 e. The van der Waals surface area contributed by atoms with Gasteiger partial charge in [0.15, 0.2) is 11.6 Å². The summed E-state index contributed by atoms with van der Waals surface area (Å²) < 4.78 is 25.6. The van der Waals surface area contributed by atoms with E-state index in [1.54, 1.807) is 0 Å². The van der Waals surface area contributed by atoms with Gasteiger partial charge in [-0.2, -0.15) is 4.98 Å². The van der Waals surface area contributed by atoms with E-state index in [9.17, 15) is 9.18 Å². The molecule has 7 nitrogen and oxygen atoms in total. The van der Waals surface area contributed by atoms with Gasteiger partial charge in [-0.25, -0.2) is 4.39 Å². The average Bonchev–Trinajstić information content (AvgIpc) is 3.28. The first-order chi connectivity index (χ1) is 12.1. The fourth-order valence-electron chi connectivity index (χ4n) is 2.39. The summed E-state index contributed by atoms with van der Waals surface area (Å²) in [5, 5.41) is 6.54.